The lowest BCUT2D eigenvalue weighted by Gasteiger charge is -2.33. The maximum absolute atomic E-state index is 14.2. The van der Waals surface area contributed by atoms with E-state index in [1.54, 1.807) is 36.1 Å². The first-order chi connectivity index (χ1) is 17.3. The minimum atomic E-state index is -1.68. The molecule has 1 spiro atoms. The van der Waals surface area contributed by atoms with Gasteiger partial charge < -0.3 is 9.64 Å². The fourth-order valence-electron chi connectivity index (χ4n) is 5.31. The van der Waals surface area contributed by atoms with Crippen molar-refractivity contribution in [2.45, 2.75) is 39.3 Å². The predicted molar refractivity (Wildman–Crippen MR) is 138 cm³/mol. The van der Waals surface area contributed by atoms with E-state index in [4.69, 9.17) is 9.73 Å². The molecule has 5 rings (SSSR count). The van der Waals surface area contributed by atoms with Gasteiger partial charge in [0.05, 0.1) is 12.3 Å². The highest BCUT2D eigenvalue weighted by atomic mass is 16.5. The molecule has 3 aromatic carbocycles. The molecule has 2 aliphatic rings. The molecule has 2 unspecified atom stereocenters. The number of carbonyl (C=O) groups excluding carboxylic acids is 3. The number of aliphatic imine (C=N–C) groups is 1. The van der Waals surface area contributed by atoms with Crippen molar-refractivity contribution in [1.82, 2.24) is 0 Å². The summed E-state index contributed by atoms with van der Waals surface area (Å²) in [6.45, 7) is 7.17. The Hall–Kier alpha value is -4.26. The van der Waals surface area contributed by atoms with Crippen LogP contribution < -0.4 is 9.80 Å². The third-order valence-electron chi connectivity index (χ3n) is 6.59. The Kier molecular flexibility index (Phi) is 5.71. The first kappa shape index (κ1) is 23.5. The lowest BCUT2D eigenvalue weighted by atomic mass is 9.84. The van der Waals surface area contributed by atoms with Crippen molar-refractivity contribution >= 4 is 35.0 Å². The van der Waals surface area contributed by atoms with Crippen LogP contribution in [0.5, 0.6) is 0 Å². The van der Waals surface area contributed by atoms with E-state index >= 15 is 0 Å². The van der Waals surface area contributed by atoms with Crippen molar-refractivity contribution in [1.29, 1.82) is 0 Å². The van der Waals surface area contributed by atoms with Gasteiger partial charge in [-0.2, -0.15) is 0 Å². The van der Waals surface area contributed by atoms with Crippen LogP contribution in [0.1, 0.15) is 36.1 Å². The molecule has 0 radical (unpaired) electrons. The number of amides is 2. The molecule has 0 saturated heterocycles. The van der Waals surface area contributed by atoms with Gasteiger partial charge in [0.15, 0.2) is 6.04 Å². The van der Waals surface area contributed by atoms with E-state index in [-0.39, 0.29) is 6.61 Å². The van der Waals surface area contributed by atoms with E-state index in [1.165, 1.54) is 6.92 Å². The summed E-state index contributed by atoms with van der Waals surface area (Å²) in [5.74, 6) is -1.12. The van der Waals surface area contributed by atoms with Gasteiger partial charge in [-0.25, -0.2) is 14.7 Å². The van der Waals surface area contributed by atoms with E-state index in [0.717, 1.165) is 27.3 Å². The number of amidine groups is 1. The number of aryl methyl sites for hydroxylation is 2. The van der Waals surface area contributed by atoms with Crippen LogP contribution >= 0.6 is 0 Å². The van der Waals surface area contributed by atoms with Crippen LogP contribution in [0.2, 0.25) is 0 Å². The zero-order valence-electron chi connectivity index (χ0n) is 20.7. The number of para-hydroxylation sites is 1. The quantitative estimate of drug-likeness (QED) is 0.520. The van der Waals surface area contributed by atoms with Crippen molar-refractivity contribution in [2.75, 3.05) is 16.4 Å². The van der Waals surface area contributed by atoms with Crippen molar-refractivity contribution in [3.05, 3.63) is 95.1 Å². The number of anilines is 2. The Morgan fingerprint density at radius 2 is 1.61 bits per heavy atom. The molecule has 0 aliphatic carbocycles. The number of benzene rings is 3. The number of nitrogens with zero attached hydrogens (tertiary/aromatic N) is 3. The third-order valence-corrected chi connectivity index (χ3v) is 6.59. The van der Waals surface area contributed by atoms with E-state index < -0.39 is 29.4 Å². The summed E-state index contributed by atoms with van der Waals surface area (Å²) in [6.07, 6.45) is 0. The summed E-state index contributed by atoms with van der Waals surface area (Å²) in [4.78, 5) is 48.6. The van der Waals surface area contributed by atoms with Gasteiger partial charge in [-0.15, -0.1) is 0 Å². The van der Waals surface area contributed by atoms with Gasteiger partial charge in [-0.1, -0.05) is 54.6 Å². The SMILES string of the molecule is CCOC(=O)C1N(c2cc(C)cc(C)c2)C(c2ccccc2)=NC12C(=O)N(C(C)=O)c1ccccc12. The topological polar surface area (TPSA) is 79.3 Å². The Morgan fingerprint density at radius 3 is 2.25 bits per heavy atom. The van der Waals surface area contributed by atoms with Crippen molar-refractivity contribution < 1.29 is 19.1 Å². The molecular weight excluding hydrogens is 454 g/mol. The number of imide groups is 1. The minimum Gasteiger partial charge on any atom is -0.464 e. The van der Waals surface area contributed by atoms with Gasteiger partial charge in [-0.05, 0) is 50.1 Å². The van der Waals surface area contributed by atoms with E-state index in [0.29, 0.717) is 17.1 Å². The van der Waals surface area contributed by atoms with Crippen LogP contribution in [0, 0.1) is 13.8 Å². The number of carbonyl (C=O) groups is 3. The molecule has 0 saturated carbocycles. The molecule has 7 heteroatoms. The molecule has 0 bridgehead atoms. The monoisotopic (exact) mass is 481 g/mol. The molecule has 0 fully saturated rings. The molecule has 182 valence electrons. The van der Waals surface area contributed by atoms with E-state index in [1.807, 2.05) is 62.4 Å². The van der Waals surface area contributed by atoms with E-state index in [9.17, 15) is 14.4 Å². The Labute approximate surface area is 210 Å². The number of rotatable bonds is 4. The van der Waals surface area contributed by atoms with Crippen LogP contribution in [-0.2, 0) is 24.7 Å². The summed E-state index contributed by atoms with van der Waals surface area (Å²) in [7, 11) is 0. The molecule has 2 aliphatic heterocycles. The van der Waals surface area contributed by atoms with Gasteiger partial charge in [0, 0.05) is 23.7 Å². The second-order valence-electron chi connectivity index (χ2n) is 9.12. The maximum Gasteiger partial charge on any atom is 0.332 e. The highest BCUT2D eigenvalue weighted by Gasteiger charge is 2.65. The van der Waals surface area contributed by atoms with Crippen LogP contribution in [0.15, 0.2) is 77.8 Å². The fraction of sp³-hybridized carbons (Fsp3) is 0.241. The lowest BCUT2D eigenvalue weighted by molar-refractivity contribution is -0.148. The van der Waals surface area contributed by atoms with Crippen LogP contribution in [0.4, 0.5) is 11.4 Å². The summed E-state index contributed by atoms with van der Waals surface area (Å²) in [6, 6.07) is 21.3. The Morgan fingerprint density at radius 1 is 0.972 bits per heavy atom. The third kappa shape index (κ3) is 3.42. The standard InChI is InChI=1S/C29H27N3O4/c1-5-36-27(34)25-29(23-13-9-10-14-24(23)31(20(4)33)28(29)35)30-26(21-11-7-6-8-12-21)32(25)22-16-18(2)15-19(3)17-22/h6-17,25H,5H2,1-4H3. The summed E-state index contributed by atoms with van der Waals surface area (Å²) in [5, 5.41) is 0. The summed E-state index contributed by atoms with van der Waals surface area (Å²) in [5.41, 5.74) is 2.73. The minimum absolute atomic E-state index is 0.138. The molecule has 0 aromatic heterocycles. The van der Waals surface area contributed by atoms with Crippen molar-refractivity contribution in [2.24, 2.45) is 4.99 Å². The lowest BCUT2D eigenvalue weighted by Crippen LogP contribution is -2.56. The number of esters is 1. The van der Waals surface area contributed by atoms with Crippen molar-refractivity contribution in [3.8, 4) is 0 Å². The number of fused-ring (bicyclic) bond motifs is 2. The normalized spacial score (nSPS) is 20.5. The molecule has 2 heterocycles. The van der Waals surface area contributed by atoms with Gasteiger partial charge >= 0.3 is 5.97 Å². The zero-order chi connectivity index (χ0) is 25.6. The van der Waals surface area contributed by atoms with Gasteiger partial charge in [0.1, 0.15) is 5.84 Å². The van der Waals surface area contributed by atoms with Crippen molar-refractivity contribution in [3.63, 3.8) is 0 Å². The Balaban J connectivity index is 1.86. The second kappa shape index (κ2) is 8.75. The average Bonchev–Trinajstić information content (AvgIpc) is 3.33. The summed E-state index contributed by atoms with van der Waals surface area (Å²) < 4.78 is 5.56. The molecule has 0 N–H and O–H groups in total. The second-order valence-corrected chi connectivity index (χ2v) is 9.12. The van der Waals surface area contributed by atoms with Gasteiger partial charge in [-0.3, -0.25) is 9.59 Å². The molecule has 3 aromatic rings. The van der Waals surface area contributed by atoms with Crippen LogP contribution in [-0.4, -0.2) is 36.3 Å². The van der Waals surface area contributed by atoms with Crippen LogP contribution in [0.25, 0.3) is 0 Å². The highest BCUT2D eigenvalue weighted by molar-refractivity contribution is 6.28. The molecular formula is C29H27N3O4. The Bertz CT molecular complexity index is 1390. The van der Waals surface area contributed by atoms with Crippen LogP contribution in [0.3, 0.4) is 0 Å². The predicted octanol–water partition coefficient (Wildman–Crippen LogP) is 4.29. The number of hydrogen-bond acceptors (Lipinski definition) is 6. The number of ether oxygens (including phenoxy) is 1. The fourth-order valence-corrected chi connectivity index (χ4v) is 5.31. The molecule has 36 heavy (non-hydrogen) atoms. The van der Waals surface area contributed by atoms with Gasteiger partial charge in [0.25, 0.3) is 5.91 Å². The first-order valence-electron chi connectivity index (χ1n) is 11.9. The van der Waals surface area contributed by atoms with E-state index in [2.05, 4.69) is 0 Å². The number of hydrogen-bond donors (Lipinski definition) is 0. The largest absolute Gasteiger partial charge is 0.464 e. The first-order valence-corrected chi connectivity index (χ1v) is 11.9. The smallest absolute Gasteiger partial charge is 0.332 e. The summed E-state index contributed by atoms with van der Waals surface area (Å²) >= 11 is 0. The molecule has 2 amide bonds. The van der Waals surface area contributed by atoms with Gasteiger partial charge in [0.2, 0.25) is 11.4 Å². The maximum atomic E-state index is 14.2. The average molecular weight is 482 g/mol. The highest BCUT2D eigenvalue weighted by Crippen LogP contribution is 2.51. The molecule has 7 nitrogen and oxygen atoms in total. The molecule has 2 atom stereocenters. The zero-order valence-corrected chi connectivity index (χ0v) is 20.7.